The molecule has 234 valence electrons. The second-order valence-corrected chi connectivity index (χ2v) is 10.5. The molecule has 0 spiro atoms. The zero-order valence-electron chi connectivity index (χ0n) is 24.8. The Morgan fingerprint density at radius 2 is 1.74 bits per heavy atom. The van der Waals surface area contributed by atoms with Gasteiger partial charge in [0.15, 0.2) is 0 Å². The molecule has 12 heteroatoms. The monoisotopic (exact) mass is 635 g/mol. The highest BCUT2D eigenvalue weighted by atomic mass is 19.1. The molecule has 1 N–H and O–H groups in total. The lowest BCUT2D eigenvalue weighted by Gasteiger charge is -2.12. The molecule has 9 nitrogen and oxygen atoms in total. The van der Waals surface area contributed by atoms with Crippen molar-refractivity contribution in [2.75, 3.05) is 7.11 Å². The van der Waals surface area contributed by atoms with Gasteiger partial charge in [0.1, 0.15) is 29.9 Å². The summed E-state index contributed by atoms with van der Waals surface area (Å²) in [6.07, 6.45) is 1.36. The van der Waals surface area contributed by atoms with Gasteiger partial charge >= 0.3 is 5.97 Å². The maximum atomic E-state index is 15.6. The number of nitrogens with one attached hydrogen (secondary N) is 1. The van der Waals surface area contributed by atoms with E-state index in [1.54, 1.807) is 41.0 Å². The zero-order valence-corrected chi connectivity index (χ0v) is 24.8. The van der Waals surface area contributed by atoms with E-state index in [0.29, 0.717) is 22.4 Å². The van der Waals surface area contributed by atoms with Crippen LogP contribution in [-0.2, 0) is 24.3 Å². The number of pyridine rings is 2. The molecule has 0 aliphatic rings. The summed E-state index contributed by atoms with van der Waals surface area (Å²) in [5.41, 5.74) is 1.67. The van der Waals surface area contributed by atoms with Gasteiger partial charge in [0, 0.05) is 35.4 Å². The van der Waals surface area contributed by atoms with Crippen molar-refractivity contribution in [2.45, 2.75) is 19.6 Å². The maximum absolute atomic E-state index is 15.6. The van der Waals surface area contributed by atoms with Crippen LogP contribution in [0, 0.1) is 28.8 Å². The molecule has 3 aromatic heterocycles. The molecular weight excluding hydrogens is 611 g/mol. The number of ether oxygens (including phenoxy) is 2. The molecular formula is C35H24F3N5O4. The van der Waals surface area contributed by atoms with Gasteiger partial charge in [-0.25, -0.2) is 27.9 Å². The molecule has 0 aliphatic carbocycles. The third-order valence-corrected chi connectivity index (χ3v) is 7.52. The van der Waals surface area contributed by atoms with Gasteiger partial charge in [-0.2, -0.15) is 5.26 Å². The van der Waals surface area contributed by atoms with Crippen molar-refractivity contribution in [1.82, 2.24) is 19.5 Å². The van der Waals surface area contributed by atoms with Gasteiger partial charge in [0.2, 0.25) is 5.88 Å². The molecule has 0 amide bonds. The van der Waals surface area contributed by atoms with Crippen LogP contribution in [0.2, 0.25) is 0 Å². The third-order valence-electron chi connectivity index (χ3n) is 7.52. The number of esters is 1. The molecule has 3 aromatic carbocycles. The lowest BCUT2D eigenvalue weighted by atomic mass is 10.0. The van der Waals surface area contributed by atoms with Crippen molar-refractivity contribution in [2.24, 2.45) is 0 Å². The second kappa shape index (κ2) is 13.0. The van der Waals surface area contributed by atoms with E-state index in [-0.39, 0.29) is 64.5 Å². The van der Waals surface area contributed by atoms with Crippen LogP contribution in [0.4, 0.5) is 13.2 Å². The van der Waals surface area contributed by atoms with E-state index in [9.17, 15) is 14.0 Å². The minimum absolute atomic E-state index is 0.00154. The number of H-pyrrole nitrogens is 1. The quantitative estimate of drug-likeness (QED) is 0.191. The third kappa shape index (κ3) is 6.46. The summed E-state index contributed by atoms with van der Waals surface area (Å²) >= 11 is 0. The van der Waals surface area contributed by atoms with E-state index in [1.165, 1.54) is 37.6 Å². The number of nitrogens with zero attached hydrogens (tertiary/aromatic N) is 4. The van der Waals surface area contributed by atoms with Crippen molar-refractivity contribution >= 4 is 17.0 Å². The van der Waals surface area contributed by atoms with Gasteiger partial charge in [-0.15, -0.1) is 0 Å². The lowest BCUT2D eigenvalue weighted by molar-refractivity contribution is 0.0601. The predicted octanol–water partition coefficient (Wildman–Crippen LogP) is 6.08. The van der Waals surface area contributed by atoms with Crippen LogP contribution < -0.4 is 10.3 Å². The Labute approximate surface area is 265 Å². The summed E-state index contributed by atoms with van der Waals surface area (Å²) in [4.78, 5) is 36.3. The van der Waals surface area contributed by atoms with Gasteiger partial charge in [-0.3, -0.25) is 4.79 Å². The zero-order chi connectivity index (χ0) is 33.1. The van der Waals surface area contributed by atoms with Crippen molar-refractivity contribution < 1.29 is 27.4 Å². The number of aromatic nitrogens is 4. The van der Waals surface area contributed by atoms with Crippen molar-refractivity contribution in [3.63, 3.8) is 0 Å². The van der Waals surface area contributed by atoms with E-state index in [4.69, 9.17) is 14.7 Å². The smallest absolute Gasteiger partial charge is 0.337 e. The highest BCUT2D eigenvalue weighted by Gasteiger charge is 2.20. The van der Waals surface area contributed by atoms with Crippen LogP contribution in [0.25, 0.3) is 22.3 Å². The van der Waals surface area contributed by atoms with Crippen molar-refractivity contribution in [3.05, 3.63) is 147 Å². The summed E-state index contributed by atoms with van der Waals surface area (Å²) in [5.74, 6) is -2.25. The SMILES string of the molecule is COC(=O)c1ccc2nc(Cc3cc(F)c(-c4cccc(OCc5ccc(C#N)cc5F)n4)cc3F)n(Cc3ccc[nH]c3=O)c2c1. The number of carbonyl (C=O) groups excluding carboxylic acids is 1. The molecule has 0 saturated carbocycles. The van der Waals surface area contributed by atoms with E-state index < -0.39 is 23.4 Å². The Balaban J connectivity index is 1.30. The number of imidazole rings is 1. The summed E-state index contributed by atoms with van der Waals surface area (Å²) in [6, 6.07) is 20.5. The molecule has 6 aromatic rings. The van der Waals surface area contributed by atoms with Crippen LogP contribution in [0.5, 0.6) is 5.88 Å². The minimum Gasteiger partial charge on any atom is -0.473 e. The van der Waals surface area contributed by atoms with Gasteiger partial charge < -0.3 is 19.0 Å². The number of hydrogen-bond donors (Lipinski definition) is 1. The number of carbonyl (C=O) groups is 1. The van der Waals surface area contributed by atoms with Gasteiger partial charge in [-0.1, -0.05) is 18.2 Å². The molecule has 0 unspecified atom stereocenters. The standard InChI is InChI=1S/C35H24F3N5O4/c1-46-35(45)21-9-10-30-31(14-21)43(18-22-4-3-11-40-34(22)44)32(41-30)15-24-13-28(38)25(16-27(24)37)29-5-2-6-33(42-29)47-19-23-8-7-20(17-39)12-26(23)36/h2-14,16H,15,18-19H2,1H3,(H,40,44). The molecule has 0 saturated heterocycles. The van der Waals surface area contributed by atoms with E-state index >= 15 is 8.78 Å². The van der Waals surface area contributed by atoms with Crippen LogP contribution in [0.15, 0.2) is 89.9 Å². The Morgan fingerprint density at radius 3 is 2.51 bits per heavy atom. The van der Waals surface area contributed by atoms with E-state index in [1.807, 2.05) is 6.07 Å². The Kier molecular flexibility index (Phi) is 8.53. The fraction of sp³-hybridized carbons (Fsp3) is 0.114. The molecule has 6 rings (SSSR count). The number of rotatable bonds is 9. The number of hydrogen-bond acceptors (Lipinski definition) is 7. The van der Waals surface area contributed by atoms with Gasteiger partial charge in [-0.05, 0) is 60.2 Å². The highest BCUT2D eigenvalue weighted by molar-refractivity contribution is 5.93. The van der Waals surface area contributed by atoms with Crippen LogP contribution >= 0.6 is 0 Å². The maximum Gasteiger partial charge on any atom is 0.337 e. The molecule has 0 fully saturated rings. The average molecular weight is 636 g/mol. The first-order valence-electron chi connectivity index (χ1n) is 14.2. The largest absolute Gasteiger partial charge is 0.473 e. The van der Waals surface area contributed by atoms with E-state index in [0.717, 1.165) is 18.2 Å². The van der Waals surface area contributed by atoms with Gasteiger partial charge in [0.25, 0.3) is 5.56 Å². The number of fused-ring (bicyclic) bond motifs is 1. The Hall–Kier alpha value is -6.22. The predicted molar refractivity (Wildman–Crippen MR) is 165 cm³/mol. The van der Waals surface area contributed by atoms with Crippen LogP contribution in [0.1, 0.15) is 38.4 Å². The number of benzene rings is 3. The first-order valence-corrected chi connectivity index (χ1v) is 14.2. The summed E-state index contributed by atoms with van der Waals surface area (Å²) in [5, 5.41) is 8.93. The molecule has 0 atom stereocenters. The highest BCUT2D eigenvalue weighted by Crippen LogP contribution is 2.29. The molecule has 0 radical (unpaired) electrons. The van der Waals surface area contributed by atoms with Crippen molar-refractivity contribution in [3.8, 4) is 23.2 Å². The molecule has 0 bridgehead atoms. The Bertz CT molecular complexity index is 2260. The number of aromatic amines is 1. The number of methoxy groups -OCH3 is 1. The van der Waals surface area contributed by atoms with Crippen molar-refractivity contribution in [1.29, 1.82) is 5.26 Å². The fourth-order valence-electron chi connectivity index (χ4n) is 5.10. The van der Waals surface area contributed by atoms with Gasteiger partial charge in [0.05, 0.1) is 47.6 Å². The fourth-order valence-corrected chi connectivity index (χ4v) is 5.10. The summed E-state index contributed by atoms with van der Waals surface area (Å²) in [6.45, 7) is -0.140. The van der Waals surface area contributed by atoms with E-state index in [2.05, 4.69) is 15.0 Å². The summed E-state index contributed by atoms with van der Waals surface area (Å²) in [7, 11) is 1.26. The average Bonchev–Trinajstić information content (AvgIpc) is 3.42. The number of nitriles is 1. The lowest BCUT2D eigenvalue weighted by Crippen LogP contribution is -2.16. The minimum atomic E-state index is -0.751. The second-order valence-electron chi connectivity index (χ2n) is 10.5. The van der Waals surface area contributed by atoms with Crippen LogP contribution in [-0.4, -0.2) is 32.6 Å². The summed E-state index contributed by atoms with van der Waals surface area (Å²) < 4.78 is 57.6. The topological polar surface area (TPSA) is 123 Å². The van der Waals surface area contributed by atoms with Crippen LogP contribution in [0.3, 0.4) is 0 Å². The first-order chi connectivity index (χ1) is 22.7. The molecule has 47 heavy (non-hydrogen) atoms. The number of halogens is 3. The normalized spacial score (nSPS) is 11.0. The first kappa shape index (κ1) is 30.8. The molecule has 0 aliphatic heterocycles. The Morgan fingerprint density at radius 1 is 0.915 bits per heavy atom. The molecule has 3 heterocycles.